The van der Waals surface area contributed by atoms with Gasteiger partial charge in [-0.1, -0.05) is 22.0 Å². The number of carbonyl (C=O) groups is 1. The standard InChI is InChI=1S/C18H15BrN4O3/c1-11-3-6-14(9-17(11)23(25)26)21-18(24)16-10-20-22(12(16)2)15-7-4-13(19)5-8-15/h3-10H,1-2H3,(H,21,24). The van der Waals surface area contributed by atoms with Crippen molar-refractivity contribution in [1.29, 1.82) is 0 Å². The Morgan fingerprint density at radius 2 is 1.88 bits per heavy atom. The van der Waals surface area contributed by atoms with Crippen molar-refractivity contribution in [3.05, 3.63) is 80.1 Å². The topological polar surface area (TPSA) is 90.1 Å². The highest BCUT2D eigenvalue weighted by Gasteiger charge is 2.17. The Morgan fingerprint density at radius 3 is 2.54 bits per heavy atom. The first kappa shape index (κ1) is 17.8. The number of halogens is 1. The van der Waals surface area contributed by atoms with E-state index < -0.39 is 4.92 Å². The van der Waals surface area contributed by atoms with Crippen molar-refractivity contribution in [3.63, 3.8) is 0 Å². The average Bonchev–Trinajstić information content (AvgIpc) is 2.98. The van der Waals surface area contributed by atoms with Gasteiger partial charge in [0.25, 0.3) is 11.6 Å². The number of aromatic nitrogens is 2. The fourth-order valence-corrected chi connectivity index (χ4v) is 2.82. The number of amides is 1. The summed E-state index contributed by atoms with van der Waals surface area (Å²) in [5, 5.41) is 18.0. The van der Waals surface area contributed by atoms with Gasteiger partial charge in [0, 0.05) is 21.8 Å². The van der Waals surface area contributed by atoms with Crippen LogP contribution < -0.4 is 5.32 Å². The van der Waals surface area contributed by atoms with Gasteiger partial charge in [-0.25, -0.2) is 4.68 Å². The summed E-state index contributed by atoms with van der Waals surface area (Å²) in [5.41, 5.74) is 2.76. The maximum absolute atomic E-state index is 12.6. The molecule has 1 amide bonds. The predicted octanol–water partition coefficient (Wildman–Crippen LogP) is 4.41. The van der Waals surface area contributed by atoms with Gasteiger partial charge in [0.15, 0.2) is 0 Å². The van der Waals surface area contributed by atoms with Crippen LogP contribution in [0.3, 0.4) is 0 Å². The number of aryl methyl sites for hydroxylation is 1. The lowest BCUT2D eigenvalue weighted by atomic mass is 10.1. The fourth-order valence-electron chi connectivity index (χ4n) is 2.56. The zero-order chi connectivity index (χ0) is 18.8. The van der Waals surface area contributed by atoms with Gasteiger partial charge in [0.2, 0.25) is 0 Å². The van der Waals surface area contributed by atoms with Gasteiger partial charge < -0.3 is 5.32 Å². The van der Waals surface area contributed by atoms with Crippen molar-refractivity contribution in [3.8, 4) is 5.69 Å². The lowest BCUT2D eigenvalue weighted by molar-refractivity contribution is -0.385. The normalized spacial score (nSPS) is 10.6. The third-order valence-electron chi connectivity index (χ3n) is 3.99. The number of hydrogen-bond donors (Lipinski definition) is 1. The molecule has 0 unspecified atom stereocenters. The molecule has 0 saturated carbocycles. The molecular weight excluding hydrogens is 400 g/mol. The maximum Gasteiger partial charge on any atom is 0.274 e. The molecule has 26 heavy (non-hydrogen) atoms. The van der Waals surface area contributed by atoms with E-state index in [4.69, 9.17) is 0 Å². The summed E-state index contributed by atoms with van der Waals surface area (Å²) >= 11 is 3.38. The molecule has 0 bridgehead atoms. The molecule has 0 atom stereocenters. The summed E-state index contributed by atoms with van der Waals surface area (Å²) in [5.74, 6) is -0.371. The molecular formula is C18H15BrN4O3. The first-order valence-electron chi connectivity index (χ1n) is 7.74. The van der Waals surface area contributed by atoms with E-state index in [-0.39, 0.29) is 11.6 Å². The number of nitrogens with one attached hydrogen (secondary N) is 1. The molecule has 3 rings (SSSR count). The molecule has 1 N–H and O–H groups in total. The summed E-state index contributed by atoms with van der Waals surface area (Å²) in [7, 11) is 0. The van der Waals surface area contributed by atoms with Gasteiger partial charge in [-0.05, 0) is 44.2 Å². The SMILES string of the molecule is Cc1ccc(NC(=O)c2cnn(-c3ccc(Br)cc3)c2C)cc1[N+](=O)[O-]. The molecule has 0 aliphatic carbocycles. The van der Waals surface area contributed by atoms with Crippen molar-refractivity contribution in [2.75, 3.05) is 5.32 Å². The lowest BCUT2D eigenvalue weighted by Crippen LogP contribution is -2.13. The summed E-state index contributed by atoms with van der Waals surface area (Å²) in [6, 6.07) is 12.1. The van der Waals surface area contributed by atoms with E-state index in [0.717, 1.165) is 10.2 Å². The first-order valence-corrected chi connectivity index (χ1v) is 8.53. The second-order valence-electron chi connectivity index (χ2n) is 5.74. The third-order valence-corrected chi connectivity index (χ3v) is 4.52. The van der Waals surface area contributed by atoms with E-state index in [0.29, 0.717) is 22.5 Å². The molecule has 2 aromatic carbocycles. The third kappa shape index (κ3) is 3.50. The molecule has 1 heterocycles. The van der Waals surface area contributed by atoms with E-state index in [1.54, 1.807) is 30.7 Å². The van der Waals surface area contributed by atoms with Crippen LogP contribution in [-0.4, -0.2) is 20.6 Å². The Kier molecular flexibility index (Phi) is 4.85. The van der Waals surface area contributed by atoms with E-state index in [9.17, 15) is 14.9 Å². The van der Waals surface area contributed by atoms with Gasteiger partial charge in [0.1, 0.15) is 0 Å². The van der Waals surface area contributed by atoms with Gasteiger partial charge >= 0.3 is 0 Å². The molecule has 1 aromatic heterocycles. The fraction of sp³-hybridized carbons (Fsp3) is 0.111. The molecule has 0 spiro atoms. The number of carbonyl (C=O) groups excluding carboxylic acids is 1. The average molecular weight is 415 g/mol. The second-order valence-corrected chi connectivity index (χ2v) is 6.66. The minimum Gasteiger partial charge on any atom is -0.322 e. The van der Waals surface area contributed by atoms with Crippen molar-refractivity contribution in [2.24, 2.45) is 0 Å². The van der Waals surface area contributed by atoms with Crippen LogP contribution in [0, 0.1) is 24.0 Å². The van der Waals surface area contributed by atoms with Gasteiger partial charge in [-0.2, -0.15) is 5.10 Å². The van der Waals surface area contributed by atoms with Crippen molar-refractivity contribution in [1.82, 2.24) is 9.78 Å². The van der Waals surface area contributed by atoms with Crippen LogP contribution in [0.4, 0.5) is 11.4 Å². The summed E-state index contributed by atoms with van der Waals surface area (Å²) in [6.07, 6.45) is 1.48. The Labute approximate surface area is 157 Å². The summed E-state index contributed by atoms with van der Waals surface area (Å²) in [6.45, 7) is 3.44. The molecule has 7 nitrogen and oxygen atoms in total. The molecule has 0 radical (unpaired) electrons. The second kappa shape index (κ2) is 7.09. The van der Waals surface area contributed by atoms with Crippen LogP contribution in [0.15, 0.2) is 53.1 Å². The number of anilines is 1. The van der Waals surface area contributed by atoms with Gasteiger partial charge in [-0.3, -0.25) is 14.9 Å². The molecule has 0 saturated heterocycles. The molecule has 132 valence electrons. The van der Waals surface area contributed by atoms with Crippen molar-refractivity contribution >= 4 is 33.2 Å². The minimum absolute atomic E-state index is 0.0370. The Balaban J connectivity index is 1.86. The molecule has 0 aliphatic rings. The summed E-state index contributed by atoms with van der Waals surface area (Å²) < 4.78 is 2.61. The quantitative estimate of drug-likeness (QED) is 0.505. The van der Waals surface area contributed by atoms with E-state index >= 15 is 0 Å². The van der Waals surface area contributed by atoms with Gasteiger partial charge in [-0.15, -0.1) is 0 Å². The Morgan fingerprint density at radius 1 is 1.19 bits per heavy atom. The Bertz CT molecular complexity index is 996. The van der Waals surface area contributed by atoms with Crippen LogP contribution in [0.5, 0.6) is 0 Å². The zero-order valence-corrected chi connectivity index (χ0v) is 15.6. The number of nitro benzene ring substituents is 1. The van der Waals surface area contributed by atoms with Crippen LogP contribution in [0.1, 0.15) is 21.6 Å². The zero-order valence-electron chi connectivity index (χ0n) is 14.1. The molecule has 0 aliphatic heterocycles. The predicted molar refractivity (Wildman–Crippen MR) is 102 cm³/mol. The van der Waals surface area contributed by atoms with Crippen molar-refractivity contribution in [2.45, 2.75) is 13.8 Å². The number of benzene rings is 2. The molecule has 0 fully saturated rings. The van der Waals surface area contributed by atoms with E-state index in [1.165, 1.54) is 12.3 Å². The van der Waals surface area contributed by atoms with Crippen LogP contribution >= 0.6 is 15.9 Å². The number of rotatable bonds is 4. The number of hydrogen-bond acceptors (Lipinski definition) is 4. The summed E-state index contributed by atoms with van der Waals surface area (Å²) in [4.78, 5) is 23.1. The lowest BCUT2D eigenvalue weighted by Gasteiger charge is -2.07. The van der Waals surface area contributed by atoms with Crippen LogP contribution in [0.25, 0.3) is 5.69 Å². The number of nitrogens with zero attached hydrogens (tertiary/aromatic N) is 3. The van der Waals surface area contributed by atoms with E-state index in [1.807, 2.05) is 24.3 Å². The highest BCUT2D eigenvalue weighted by Crippen LogP contribution is 2.23. The highest BCUT2D eigenvalue weighted by atomic mass is 79.9. The minimum atomic E-state index is -0.470. The van der Waals surface area contributed by atoms with Crippen LogP contribution in [0.2, 0.25) is 0 Å². The monoisotopic (exact) mass is 414 g/mol. The van der Waals surface area contributed by atoms with Crippen LogP contribution in [-0.2, 0) is 0 Å². The molecule has 3 aromatic rings. The first-order chi connectivity index (χ1) is 12.4. The Hall–Kier alpha value is -3.00. The van der Waals surface area contributed by atoms with Gasteiger partial charge in [0.05, 0.1) is 28.1 Å². The largest absolute Gasteiger partial charge is 0.322 e. The smallest absolute Gasteiger partial charge is 0.274 e. The number of nitro groups is 1. The highest BCUT2D eigenvalue weighted by molar-refractivity contribution is 9.10. The maximum atomic E-state index is 12.6. The van der Waals surface area contributed by atoms with E-state index in [2.05, 4.69) is 26.3 Å². The molecule has 8 heteroatoms. The van der Waals surface area contributed by atoms with Crippen molar-refractivity contribution < 1.29 is 9.72 Å².